The van der Waals surface area contributed by atoms with Gasteiger partial charge in [0.1, 0.15) is 0 Å². The zero-order valence-electron chi connectivity index (χ0n) is 10.2. The monoisotopic (exact) mass is 261 g/mol. The molecule has 1 fully saturated rings. The summed E-state index contributed by atoms with van der Waals surface area (Å²) in [4.78, 5) is 4.78. The molecular weight excluding hydrogens is 246 g/mol. The van der Waals surface area contributed by atoms with Crippen molar-refractivity contribution in [1.82, 2.24) is 4.98 Å². The molecule has 94 valence electrons. The van der Waals surface area contributed by atoms with E-state index >= 15 is 0 Å². The molecule has 2 heterocycles. The summed E-state index contributed by atoms with van der Waals surface area (Å²) in [5.74, 6) is 1.10. The molecule has 0 saturated carbocycles. The number of alkyl halides is 1. The van der Waals surface area contributed by atoms with Gasteiger partial charge in [0.15, 0.2) is 0 Å². The summed E-state index contributed by atoms with van der Waals surface area (Å²) in [5, 5.41) is 1.17. The van der Waals surface area contributed by atoms with Crippen LogP contribution >= 0.6 is 11.6 Å². The standard InChI is InChI=1S/C15H16ClNO/c16-10-11-1-3-15-13(9-11)2-4-14(17-15)12-5-7-18-8-6-12/h1-4,9,12H,5-8,10H2. The number of aromatic nitrogens is 1. The molecule has 0 atom stereocenters. The van der Waals surface area contributed by atoms with Crippen LogP contribution in [0.5, 0.6) is 0 Å². The molecule has 0 radical (unpaired) electrons. The Hall–Kier alpha value is -1.12. The molecule has 3 heteroatoms. The molecule has 1 aromatic carbocycles. The second-order valence-corrected chi connectivity index (χ2v) is 5.05. The largest absolute Gasteiger partial charge is 0.381 e. The van der Waals surface area contributed by atoms with Gasteiger partial charge >= 0.3 is 0 Å². The van der Waals surface area contributed by atoms with Crippen molar-refractivity contribution in [2.75, 3.05) is 13.2 Å². The van der Waals surface area contributed by atoms with Crippen molar-refractivity contribution in [3.05, 3.63) is 41.6 Å². The predicted octanol–water partition coefficient (Wildman–Crippen LogP) is 3.87. The first kappa shape index (κ1) is 11.9. The summed E-state index contributed by atoms with van der Waals surface area (Å²) in [7, 11) is 0. The third-order valence-electron chi connectivity index (χ3n) is 3.57. The highest BCUT2D eigenvalue weighted by Gasteiger charge is 2.17. The lowest BCUT2D eigenvalue weighted by molar-refractivity contribution is 0.0846. The molecular formula is C15H16ClNO. The Bertz CT molecular complexity index is 549. The Kier molecular flexibility index (Phi) is 3.48. The van der Waals surface area contributed by atoms with Crippen molar-refractivity contribution in [1.29, 1.82) is 0 Å². The molecule has 2 aromatic rings. The van der Waals surface area contributed by atoms with Crippen molar-refractivity contribution in [2.24, 2.45) is 0 Å². The van der Waals surface area contributed by atoms with E-state index in [0.717, 1.165) is 37.1 Å². The highest BCUT2D eigenvalue weighted by atomic mass is 35.5. The Balaban J connectivity index is 1.95. The molecule has 0 unspecified atom stereocenters. The molecule has 1 aliphatic rings. The van der Waals surface area contributed by atoms with Gasteiger partial charge in [-0.25, -0.2) is 0 Å². The maximum absolute atomic E-state index is 5.85. The van der Waals surface area contributed by atoms with Crippen LogP contribution in [-0.4, -0.2) is 18.2 Å². The predicted molar refractivity (Wildman–Crippen MR) is 74.1 cm³/mol. The SMILES string of the molecule is ClCc1ccc2nc(C3CCOCC3)ccc2c1. The van der Waals surface area contributed by atoms with Crippen molar-refractivity contribution < 1.29 is 4.74 Å². The zero-order chi connectivity index (χ0) is 12.4. The van der Waals surface area contributed by atoms with Gasteiger partial charge in [0.25, 0.3) is 0 Å². The number of hydrogen-bond acceptors (Lipinski definition) is 2. The maximum Gasteiger partial charge on any atom is 0.0705 e. The van der Waals surface area contributed by atoms with Crippen LogP contribution in [-0.2, 0) is 10.6 Å². The van der Waals surface area contributed by atoms with Crippen LogP contribution in [0, 0.1) is 0 Å². The second kappa shape index (κ2) is 5.25. The number of halogens is 1. The van der Waals surface area contributed by atoms with E-state index in [1.54, 1.807) is 0 Å². The van der Waals surface area contributed by atoms with Gasteiger partial charge in [-0.3, -0.25) is 4.98 Å². The third kappa shape index (κ3) is 2.36. The van der Waals surface area contributed by atoms with E-state index in [4.69, 9.17) is 21.3 Å². The Morgan fingerprint density at radius 1 is 1.17 bits per heavy atom. The van der Waals surface area contributed by atoms with Gasteiger partial charge in [-0.15, -0.1) is 11.6 Å². The second-order valence-electron chi connectivity index (χ2n) is 4.78. The molecule has 0 bridgehead atoms. The average Bonchev–Trinajstić information content (AvgIpc) is 2.47. The summed E-state index contributed by atoms with van der Waals surface area (Å²) < 4.78 is 5.40. The van der Waals surface area contributed by atoms with Crippen LogP contribution in [0.1, 0.15) is 30.0 Å². The minimum absolute atomic E-state index is 0.552. The summed E-state index contributed by atoms with van der Waals surface area (Å²) in [6.07, 6.45) is 2.16. The van der Waals surface area contributed by atoms with Crippen LogP contribution in [0.3, 0.4) is 0 Å². The van der Waals surface area contributed by atoms with E-state index in [1.807, 2.05) is 0 Å². The molecule has 0 N–H and O–H groups in total. The van der Waals surface area contributed by atoms with Gasteiger partial charge in [-0.05, 0) is 36.6 Å². The van der Waals surface area contributed by atoms with Gasteiger partial charge in [0.05, 0.1) is 5.52 Å². The average molecular weight is 262 g/mol. The fourth-order valence-electron chi connectivity index (χ4n) is 2.49. The fourth-order valence-corrected chi connectivity index (χ4v) is 2.66. The lowest BCUT2D eigenvalue weighted by atomic mass is 9.95. The molecule has 2 nitrogen and oxygen atoms in total. The van der Waals surface area contributed by atoms with Crippen LogP contribution in [0.4, 0.5) is 0 Å². The number of fused-ring (bicyclic) bond motifs is 1. The Labute approximate surface area is 112 Å². The van der Waals surface area contributed by atoms with Crippen molar-refractivity contribution in [3.63, 3.8) is 0 Å². The molecule has 1 aromatic heterocycles. The number of pyridine rings is 1. The van der Waals surface area contributed by atoms with Crippen molar-refractivity contribution in [2.45, 2.75) is 24.6 Å². The van der Waals surface area contributed by atoms with E-state index in [1.165, 1.54) is 11.1 Å². The molecule has 0 amide bonds. The van der Waals surface area contributed by atoms with E-state index in [-0.39, 0.29) is 0 Å². The topological polar surface area (TPSA) is 22.1 Å². The summed E-state index contributed by atoms with van der Waals surface area (Å²) in [5.41, 5.74) is 3.40. The first-order chi connectivity index (χ1) is 8.86. The summed E-state index contributed by atoms with van der Waals surface area (Å²) in [6.45, 7) is 1.71. The van der Waals surface area contributed by atoms with Crippen LogP contribution in [0.15, 0.2) is 30.3 Å². The van der Waals surface area contributed by atoms with Crippen LogP contribution < -0.4 is 0 Å². The molecule has 0 spiro atoms. The quantitative estimate of drug-likeness (QED) is 0.766. The van der Waals surface area contributed by atoms with Gasteiger partial charge in [-0.1, -0.05) is 12.1 Å². The van der Waals surface area contributed by atoms with Crippen molar-refractivity contribution in [3.8, 4) is 0 Å². The van der Waals surface area contributed by atoms with Gasteiger partial charge < -0.3 is 4.74 Å². The maximum atomic E-state index is 5.85. The minimum atomic E-state index is 0.552. The number of ether oxygens (including phenoxy) is 1. The molecule has 0 aliphatic carbocycles. The van der Waals surface area contributed by atoms with Crippen LogP contribution in [0.25, 0.3) is 10.9 Å². The van der Waals surface area contributed by atoms with Gasteiger partial charge in [0, 0.05) is 36.1 Å². The smallest absolute Gasteiger partial charge is 0.0705 e. The number of nitrogens with zero attached hydrogens (tertiary/aromatic N) is 1. The van der Waals surface area contributed by atoms with E-state index in [9.17, 15) is 0 Å². The highest BCUT2D eigenvalue weighted by molar-refractivity contribution is 6.17. The van der Waals surface area contributed by atoms with Gasteiger partial charge in [-0.2, -0.15) is 0 Å². The molecule has 1 saturated heterocycles. The molecule has 1 aliphatic heterocycles. The number of hydrogen-bond donors (Lipinski definition) is 0. The Morgan fingerprint density at radius 2 is 2.00 bits per heavy atom. The zero-order valence-corrected chi connectivity index (χ0v) is 11.0. The normalized spacial score (nSPS) is 17.2. The number of benzene rings is 1. The lowest BCUT2D eigenvalue weighted by Crippen LogP contribution is -2.15. The third-order valence-corrected chi connectivity index (χ3v) is 3.88. The first-order valence-corrected chi connectivity index (χ1v) is 6.93. The lowest BCUT2D eigenvalue weighted by Gasteiger charge is -2.21. The fraction of sp³-hybridized carbons (Fsp3) is 0.400. The van der Waals surface area contributed by atoms with E-state index in [0.29, 0.717) is 11.8 Å². The van der Waals surface area contributed by atoms with E-state index in [2.05, 4.69) is 30.3 Å². The highest BCUT2D eigenvalue weighted by Crippen LogP contribution is 2.27. The first-order valence-electron chi connectivity index (χ1n) is 6.40. The van der Waals surface area contributed by atoms with Crippen molar-refractivity contribution >= 4 is 22.5 Å². The summed E-state index contributed by atoms with van der Waals surface area (Å²) >= 11 is 5.85. The molecule has 3 rings (SSSR count). The molecule has 18 heavy (non-hydrogen) atoms. The summed E-state index contributed by atoms with van der Waals surface area (Å²) in [6, 6.07) is 10.5. The number of rotatable bonds is 2. The Morgan fingerprint density at radius 3 is 2.78 bits per heavy atom. The van der Waals surface area contributed by atoms with Gasteiger partial charge in [0.2, 0.25) is 0 Å². The van der Waals surface area contributed by atoms with Crippen LogP contribution in [0.2, 0.25) is 0 Å². The minimum Gasteiger partial charge on any atom is -0.381 e. The van der Waals surface area contributed by atoms with E-state index < -0.39 is 0 Å².